The van der Waals surface area contributed by atoms with Crippen molar-refractivity contribution in [3.05, 3.63) is 48.8 Å². The zero-order valence-corrected chi connectivity index (χ0v) is 19.4. The molecule has 2 heterocycles. The van der Waals surface area contributed by atoms with Crippen molar-refractivity contribution in [1.29, 1.82) is 0 Å². The number of nitrogens with one attached hydrogen (secondary N) is 2. The maximum atomic E-state index is 12.4. The number of carbonyl (C=O) groups is 2. The van der Waals surface area contributed by atoms with Gasteiger partial charge in [-0.15, -0.1) is 20.4 Å². The monoisotopic (exact) mass is 480 g/mol. The van der Waals surface area contributed by atoms with Crippen LogP contribution in [0.4, 0.5) is 0 Å². The maximum absolute atomic E-state index is 12.4. The van der Waals surface area contributed by atoms with Gasteiger partial charge in [0.1, 0.15) is 15.8 Å². The summed E-state index contributed by atoms with van der Waals surface area (Å²) < 4.78 is 5.18. The Morgan fingerprint density at radius 3 is 2.19 bits per heavy atom. The molecular formula is C19H21ClN6O3S2. The van der Waals surface area contributed by atoms with E-state index in [0.29, 0.717) is 27.2 Å². The van der Waals surface area contributed by atoms with Crippen LogP contribution >= 0.6 is 34.3 Å². The van der Waals surface area contributed by atoms with Gasteiger partial charge in [-0.1, -0.05) is 34.3 Å². The van der Waals surface area contributed by atoms with Crippen molar-refractivity contribution < 1.29 is 14.3 Å². The number of benzene rings is 1. The molecule has 31 heavy (non-hydrogen) atoms. The molecule has 2 amide bonds. The van der Waals surface area contributed by atoms with E-state index in [0.717, 1.165) is 34.8 Å². The average Bonchev–Trinajstić information content (AvgIpc) is 3.45. The number of hydrogen-bond donors (Lipinski definition) is 2. The number of carbonyl (C=O) groups excluding carboxylic acids is 2. The number of aromatic nitrogens is 4. The molecule has 3 rings (SSSR count). The minimum absolute atomic E-state index is 0.225. The summed E-state index contributed by atoms with van der Waals surface area (Å²) in [6.07, 6.45) is 3.19. The molecule has 3 aromatic rings. The lowest BCUT2D eigenvalue weighted by atomic mass is 10.2. The van der Waals surface area contributed by atoms with Crippen LogP contribution in [-0.4, -0.2) is 46.4 Å². The number of amides is 2. The van der Waals surface area contributed by atoms with Gasteiger partial charge in [-0.3, -0.25) is 9.59 Å². The third-order valence-electron chi connectivity index (χ3n) is 4.27. The van der Waals surface area contributed by atoms with Crippen molar-refractivity contribution in [2.75, 3.05) is 14.2 Å². The van der Waals surface area contributed by atoms with E-state index in [-0.39, 0.29) is 18.4 Å². The molecule has 0 bridgehead atoms. The lowest BCUT2D eigenvalue weighted by Gasteiger charge is -2.07. The predicted molar refractivity (Wildman–Crippen MR) is 119 cm³/mol. The SMILES string of the molecule is CNC(=O)c1nnc(CCCCc2nnc(C(=O)NCc3cc(OC)ccc3Cl)s2)s1. The fourth-order valence-corrected chi connectivity index (χ4v) is 4.43. The second kappa shape index (κ2) is 11.1. The number of ether oxygens (including phenoxy) is 1. The Hall–Kier alpha value is -2.63. The van der Waals surface area contributed by atoms with Crippen LogP contribution in [0.3, 0.4) is 0 Å². The second-order valence-electron chi connectivity index (χ2n) is 6.43. The van der Waals surface area contributed by atoms with E-state index in [1.54, 1.807) is 32.4 Å². The highest BCUT2D eigenvalue weighted by atomic mass is 35.5. The largest absolute Gasteiger partial charge is 0.497 e. The lowest BCUT2D eigenvalue weighted by molar-refractivity contribution is 0.0945. The van der Waals surface area contributed by atoms with E-state index in [1.807, 2.05) is 0 Å². The van der Waals surface area contributed by atoms with E-state index in [1.165, 1.54) is 22.7 Å². The van der Waals surface area contributed by atoms with Crippen molar-refractivity contribution in [2.24, 2.45) is 0 Å². The first-order valence-electron chi connectivity index (χ1n) is 9.47. The van der Waals surface area contributed by atoms with Gasteiger partial charge in [-0.05, 0) is 36.6 Å². The van der Waals surface area contributed by atoms with Crippen LogP contribution in [0, 0.1) is 0 Å². The molecule has 0 fully saturated rings. The number of nitrogens with zero attached hydrogens (tertiary/aromatic N) is 4. The van der Waals surface area contributed by atoms with Crippen LogP contribution in [0.15, 0.2) is 18.2 Å². The molecule has 0 aliphatic heterocycles. The van der Waals surface area contributed by atoms with Gasteiger partial charge in [-0.25, -0.2) is 0 Å². The summed E-state index contributed by atoms with van der Waals surface area (Å²) in [5.41, 5.74) is 0.760. The smallest absolute Gasteiger partial charge is 0.282 e. The number of halogens is 1. The summed E-state index contributed by atoms with van der Waals surface area (Å²) in [5.74, 6) is 0.153. The van der Waals surface area contributed by atoms with Crippen LogP contribution in [0.1, 0.15) is 48.0 Å². The Bertz CT molecular complexity index is 1050. The van der Waals surface area contributed by atoms with Crippen LogP contribution in [0.5, 0.6) is 5.75 Å². The quantitative estimate of drug-likeness (QED) is 0.428. The highest BCUT2D eigenvalue weighted by Crippen LogP contribution is 2.22. The minimum Gasteiger partial charge on any atom is -0.497 e. The zero-order valence-electron chi connectivity index (χ0n) is 17.0. The Morgan fingerprint density at radius 2 is 1.61 bits per heavy atom. The molecule has 1 aromatic carbocycles. The Kier molecular flexibility index (Phi) is 8.27. The number of unbranched alkanes of at least 4 members (excludes halogenated alkanes) is 1. The molecule has 164 valence electrons. The van der Waals surface area contributed by atoms with Crippen molar-refractivity contribution in [1.82, 2.24) is 31.0 Å². The minimum atomic E-state index is -0.293. The first-order valence-corrected chi connectivity index (χ1v) is 11.5. The lowest BCUT2D eigenvalue weighted by Crippen LogP contribution is -2.22. The van der Waals surface area contributed by atoms with Crippen molar-refractivity contribution in [3.63, 3.8) is 0 Å². The molecule has 0 unspecified atom stereocenters. The third kappa shape index (κ3) is 6.42. The standard InChI is InChI=1S/C19H21ClN6O3S2/c1-21-16(27)18-25-23-14(30-18)5-3-4-6-15-24-26-19(31-15)17(28)22-10-11-9-12(29-2)7-8-13(11)20/h7-9H,3-6,10H2,1-2H3,(H,21,27)(H,22,28). The van der Waals surface area contributed by atoms with Gasteiger partial charge in [0.15, 0.2) is 0 Å². The van der Waals surface area contributed by atoms with Crippen molar-refractivity contribution in [2.45, 2.75) is 32.2 Å². The molecule has 2 N–H and O–H groups in total. The predicted octanol–water partition coefficient (Wildman–Crippen LogP) is 2.91. The molecule has 0 spiro atoms. The number of methoxy groups -OCH3 is 1. The molecule has 0 radical (unpaired) electrons. The summed E-state index contributed by atoms with van der Waals surface area (Å²) >= 11 is 8.74. The highest BCUT2D eigenvalue weighted by molar-refractivity contribution is 7.13. The molecule has 0 saturated carbocycles. The Morgan fingerprint density at radius 1 is 1.00 bits per heavy atom. The first kappa shape index (κ1) is 23.0. The molecule has 12 heteroatoms. The molecule has 0 aliphatic carbocycles. The summed E-state index contributed by atoms with van der Waals surface area (Å²) in [5, 5.41) is 24.2. The van der Waals surface area contributed by atoms with Gasteiger partial charge in [-0.2, -0.15) is 0 Å². The molecule has 0 saturated heterocycles. The fraction of sp³-hybridized carbons (Fsp3) is 0.368. The van der Waals surface area contributed by atoms with Gasteiger partial charge in [0, 0.05) is 31.5 Å². The van der Waals surface area contributed by atoms with Gasteiger partial charge < -0.3 is 15.4 Å². The first-order chi connectivity index (χ1) is 15.0. The van der Waals surface area contributed by atoms with Crippen molar-refractivity contribution >= 4 is 46.1 Å². The van der Waals surface area contributed by atoms with Gasteiger partial charge in [0.05, 0.1) is 7.11 Å². The third-order valence-corrected chi connectivity index (χ3v) is 6.61. The van der Waals surface area contributed by atoms with Crippen LogP contribution < -0.4 is 15.4 Å². The molecule has 2 aromatic heterocycles. The van der Waals surface area contributed by atoms with E-state index in [4.69, 9.17) is 16.3 Å². The number of rotatable bonds is 10. The maximum Gasteiger partial charge on any atom is 0.282 e. The number of hydrogen-bond acceptors (Lipinski definition) is 9. The summed E-state index contributed by atoms with van der Waals surface area (Å²) in [4.78, 5) is 23.9. The van der Waals surface area contributed by atoms with E-state index in [9.17, 15) is 9.59 Å². The van der Waals surface area contributed by atoms with Gasteiger partial charge >= 0.3 is 0 Å². The zero-order chi connectivity index (χ0) is 22.2. The molecular weight excluding hydrogens is 460 g/mol. The molecule has 0 atom stereocenters. The summed E-state index contributed by atoms with van der Waals surface area (Å²) in [7, 11) is 3.14. The van der Waals surface area contributed by atoms with Crippen LogP contribution in [0.2, 0.25) is 5.02 Å². The normalized spacial score (nSPS) is 10.7. The summed E-state index contributed by atoms with van der Waals surface area (Å²) in [6.45, 7) is 0.268. The van der Waals surface area contributed by atoms with Gasteiger partial charge in [0.25, 0.3) is 11.8 Å². The van der Waals surface area contributed by atoms with Crippen LogP contribution in [-0.2, 0) is 19.4 Å². The van der Waals surface area contributed by atoms with E-state index in [2.05, 4.69) is 31.0 Å². The second-order valence-corrected chi connectivity index (χ2v) is 8.96. The van der Waals surface area contributed by atoms with Gasteiger partial charge in [0.2, 0.25) is 10.0 Å². The van der Waals surface area contributed by atoms with E-state index >= 15 is 0 Å². The number of aryl methyl sites for hydroxylation is 2. The Labute approximate surface area is 192 Å². The van der Waals surface area contributed by atoms with Crippen LogP contribution in [0.25, 0.3) is 0 Å². The highest BCUT2D eigenvalue weighted by Gasteiger charge is 2.14. The van der Waals surface area contributed by atoms with E-state index < -0.39 is 0 Å². The Balaban J connectivity index is 1.44. The topological polar surface area (TPSA) is 119 Å². The average molecular weight is 481 g/mol. The fourth-order valence-electron chi connectivity index (χ4n) is 2.62. The molecule has 9 nitrogen and oxygen atoms in total. The summed E-state index contributed by atoms with van der Waals surface area (Å²) in [6, 6.07) is 5.27. The van der Waals surface area contributed by atoms with Crippen molar-refractivity contribution in [3.8, 4) is 5.75 Å². The molecule has 0 aliphatic rings.